The number of thiophene rings is 1. The van der Waals surface area contributed by atoms with Crippen LogP contribution < -0.4 is 4.90 Å². The van der Waals surface area contributed by atoms with Crippen LogP contribution in [-0.4, -0.2) is 46.7 Å². The van der Waals surface area contributed by atoms with Crippen LogP contribution in [0.2, 0.25) is 0 Å². The zero-order valence-corrected chi connectivity index (χ0v) is 16.0. The van der Waals surface area contributed by atoms with Gasteiger partial charge in [0, 0.05) is 13.1 Å². The molecule has 0 saturated carbocycles. The minimum atomic E-state index is -0.737. The Bertz CT molecular complexity index is 825. The number of piperidine rings is 1. The second kappa shape index (κ2) is 7.57. The van der Waals surface area contributed by atoms with E-state index in [0.29, 0.717) is 37.4 Å². The molecule has 2 aromatic rings. The molecule has 3 heterocycles. The Morgan fingerprint density at radius 3 is 2.65 bits per heavy atom. The van der Waals surface area contributed by atoms with E-state index in [9.17, 15) is 14.7 Å². The Kier molecular flexibility index (Phi) is 5.41. The number of carboxylic acid groups (broad SMARTS) is 1. The quantitative estimate of drug-likeness (QED) is 0.800. The summed E-state index contributed by atoms with van der Waals surface area (Å²) < 4.78 is 5.37. The van der Waals surface area contributed by atoms with Gasteiger partial charge in [-0.1, -0.05) is 13.8 Å². The Morgan fingerprint density at radius 2 is 2.04 bits per heavy atom. The maximum absolute atomic E-state index is 12.4. The molecule has 1 aliphatic heterocycles. The molecular formula is C18H23N3O4S. The number of carbonyl (C=O) groups excluding carboxylic acids is 1. The van der Waals surface area contributed by atoms with Crippen LogP contribution >= 0.6 is 11.3 Å². The summed E-state index contributed by atoms with van der Waals surface area (Å²) in [6.07, 6.45) is 2.68. The molecule has 26 heavy (non-hydrogen) atoms. The average Bonchev–Trinajstić information content (AvgIpc) is 2.97. The molecule has 0 atom stereocenters. The van der Waals surface area contributed by atoms with E-state index >= 15 is 0 Å². The van der Waals surface area contributed by atoms with Gasteiger partial charge in [-0.2, -0.15) is 0 Å². The van der Waals surface area contributed by atoms with Crippen LogP contribution in [0.15, 0.2) is 6.33 Å². The predicted octanol–water partition coefficient (Wildman–Crippen LogP) is 3.11. The third-order valence-corrected chi connectivity index (χ3v) is 5.76. The lowest BCUT2D eigenvalue weighted by Gasteiger charge is -2.31. The van der Waals surface area contributed by atoms with Crippen molar-refractivity contribution < 1.29 is 19.4 Å². The van der Waals surface area contributed by atoms with Crippen LogP contribution in [0.25, 0.3) is 10.2 Å². The third-order valence-electron chi connectivity index (χ3n) is 4.58. The predicted molar refractivity (Wildman–Crippen MR) is 99.8 cm³/mol. The summed E-state index contributed by atoms with van der Waals surface area (Å²) in [7, 11) is 0. The van der Waals surface area contributed by atoms with E-state index in [1.807, 2.05) is 20.8 Å². The van der Waals surface area contributed by atoms with Gasteiger partial charge in [0.2, 0.25) is 0 Å². The Hall–Kier alpha value is -2.22. The zero-order chi connectivity index (χ0) is 18.8. The highest BCUT2D eigenvalue weighted by Gasteiger charge is 2.28. The molecule has 3 rings (SSSR count). The molecule has 1 N–H and O–H groups in total. The summed E-state index contributed by atoms with van der Waals surface area (Å²) in [6, 6.07) is 0. The van der Waals surface area contributed by atoms with E-state index in [0.717, 1.165) is 21.6 Å². The SMILES string of the molecule is Cc1c(C(=O)OCC(C)C)sc2ncnc(N3CCC(C(=O)O)CC3)c12. The topological polar surface area (TPSA) is 92.6 Å². The van der Waals surface area contributed by atoms with Gasteiger partial charge >= 0.3 is 11.9 Å². The molecule has 8 heteroatoms. The highest BCUT2D eigenvalue weighted by atomic mass is 32.1. The maximum atomic E-state index is 12.4. The minimum Gasteiger partial charge on any atom is -0.481 e. The second-order valence-corrected chi connectivity index (χ2v) is 8.02. The lowest BCUT2D eigenvalue weighted by molar-refractivity contribution is -0.142. The first-order valence-electron chi connectivity index (χ1n) is 8.77. The van der Waals surface area contributed by atoms with Crippen molar-refractivity contribution in [1.29, 1.82) is 0 Å². The molecule has 1 saturated heterocycles. The van der Waals surface area contributed by atoms with Gasteiger partial charge in [-0.15, -0.1) is 11.3 Å². The fourth-order valence-electron chi connectivity index (χ4n) is 3.13. The first kappa shape index (κ1) is 18.6. The number of rotatable bonds is 5. The smallest absolute Gasteiger partial charge is 0.348 e. The van der Waals surface area contributed by atoms with Crippen molar-refractivity contribution >= 4 is 39.3 Å². The third kappa shape index (κ3) is 3.65. The largest absolute Gasteiger partial charge is 0.481 e. The van der Waals surface area contributed by atoms with Gasteiger partial charge in [0.15, 0.2) is 0 Å². The van der Waals surface area contributed by atoms with Crippen LogP contribution in [0, 0.1) is 18.8 Å². The summed E-state index contributed by atoms with van der Waals surface area (Å²) in [5, 5.41) is 10.0. The van der Waals surface area contributed by atoms with Gasteiger partial charge in [-0.25, -0.2) is 14.8 Å². The zero-order valence-electron chi connectivity index (χ0n) is 15.2. The Labute approximate surface area is 156 Å². The summed E-state index contributed by atoms with van der Waals surface area (Å²) in [4.78, 5) is 35.7. The number of aryl methyl sites for hydroxylation is 1. The van der Waals surface area contributed by atoms with Crippen LogP contribution in [0.3, 0.4) is 0 Å². The molecule has 0 spiro atoms. The lowest BCUT2D eigenvalue weighted by atomic mass is 9.97. The molecule has 7 nitrogen and oxygen atoms in total. The normalized spacial score (nSPS) is 15.6. The highest BCUT2D eigenvalue weighted by Crippen LogP contribution is 2.36. The fourth-order valence-corrected chi connectivity index (χ4v) is 4.17. The molecule has 1 fully saturated rings. The van der Waals surface area contributed by atoms with Crippen LogP contribution in [0.1, 0.15) is 41.9 Å². The van der Waals surface area contributed by atoms with Crippen LogP contribution in [0.4, 0.5) is 5.82 Å². The fraction of sp³-hybridized carbons (Fsp3) is 0.556. The van der Waals surface area contributed by atoms with Gasteiger partial charge in [0.25, 0.3) is 0 Å². The molecule has 0 aliphatic carbocycles. The first-order chi connectivity index (χ1) is 12.4. The van der Waals surface area contributed by atoms with Crippen molar-refractivity contribution in [3.63, 3.8) is 0 Å². The van der Waals surface area contributed by atoms with E-state index in [1.54, 1.807) is 0 Å². The van der Waals surface area contributed by atoms with Crippen LogP contribution in [-0.2, 0) is 9.53 Å². The molecule has 0 amide bonds. The highest BCUT2D eigenvalue weighted by molar-refractivity contribution is 7.20. The number of carboxylic acids is 1. The molecule has 0 unspecified atom stereocenters. The van der Waals surface area contributed by atoms with E-state index in [1.165, 1.54) is 17.7 Å². The molecule has 140 valence electrons. The summed E-state index contributed by atoms with van der Waals surface area (Å²) in [6.45, 7) is 7.52. The van der Waals surface area contributed by atoms with E-state index < -0.39 is 5.97 Å². The Morgan fingerprint density at radius 1 is 1.35 bits per heavy atom. The van der Waals surface area contributed by atoms with Gasteiger partial charge in [0.1, 0.15) is 21.9 Å². The molecule has 0 aromatic carbocycles. The number of ether oxygens (including phenoxy) is 1. The van der Waals surface area contributed by atoms with Crippen LogP contribution in [0.5, 0.6) is 0 Å². The molecule has 0 bridgehead atoms. The molecule has 2 aromatic heterocycles. The maximum Gasteiger partial charge on any atom is 0.348 e. The van der Waals surface area contributed by atoms with E-state index in [4.69, 9.17) is 4.74 Å². The van der Waals surface area contributed by atoms with Gasteiger partial charge in [-0.3, -0.25) is 4.79 Å². The van der Waals surface area contributed by atoms with Gasteiger partial charge in [-0.05, 0) is 31.2 Å². The summed E-state index contributed by atoms with van der Waals surface area (Å²) in [5.41, 5.74) is 0.828. The Balaban J connectivity index is 1.88. The molecule has 0 radical (unpaired) electrons. The van der Waals surface area contributed by atoms with Crippen molar-refractivity contribution in [2.75, 3.05) is 24.6 Å². The van der Waals surface area contributed by atoms with E-state index in [-0.39, 0.29) is 17.8 Å². The van der Waals surface area contributed by atoms with Crippen molar-refractivity contribution in [2.45, 2.75) is 33.6 Å². The minimum absolute atomic E-state index is 0.277. The number of fused-ring (bicyclic) bond motifs is 1. The van der Waals surface area contributed by atoms with Crippen molar-refractivity contribution in [3.05, 3.63) is 16.8 Å². The van der Waals surface area contributed by atoms with Crippen molar-refractivity contribution in [1.82, 2.24) is 9.97 Å². The van der Waals surface area contributed by atoms with E-state index in [2.05, 4.69) is 14.9 Å². The second-order valence-electron chi connectivity index (χ2n) is 7.03. The first-order valence-corrected chi connectivity index (χ1v) is 9.59. The number of anilines is 1. The summed E-state index contributed by atoms with van der Waals surface area (Å²) in [5.74, 6) is -0.308. The number of aliphatic carboxylic acids is 1. The van der Waals surface area contributed by atoms with Gasteiger partial charge < -0.3 is 14.7 Å². The molecular weight excluding hydrogens is 354 g/mol. The number of nitrogens with zero attached hydrogens (tertiary/aromatic N) is 3. The summed E-state index contributed by atoms with van der Waals surface area (Å²) >= 11 is 1.32. The standard InChI is InChI=1S/C18H23N3O4S/c1-10(2)8-25-18(24)14-11(3)13-15(19-9-20-16(13)26-14)21-6-4-12(5-7-21)17(22)23/h9-10,12H,4-8H2,1-3H3,(H,22,23). The number of hydrogen-bond donors (Lipinski definition) is 1. The van der Waals surface area contributed by atoms with Crippen molar-refractivity contribution in [2.24, 2.45) is 11.8 Å². The number of esters is 1. The monoisotopic (exact) mass is 377 g/mol. The number of aromatic nitrogens is 2. The average molecular weight is 377 g/mol. The number of carbonyl (C=O) groups is 2. The van der Waals surface area contributed by atoms with Gasteiger partial charge in [0.05, 0.1) is 17.9 Å². The number of hydrogen-bond acceptors (Lipinski definition) is 7. The lowest BCUT2D eigenvalue weighted by Crippen LogP contribution is -2.36. The molecule has 1 aliphatic rings. The van der Waals surface area contributed by atoms with Crippen molar-refractivity contribution in [3.8, 4) is 0 Å².